The molecule has 0 aliphatic carbocycles. The van der Waals surface area contributed by atoms with Crippen LogP contribution in [-0.2, 0) is 9.53 Å². The van der Waals surface area contributed by atoms with Crippen molar-refractivity contribution >= 4 is 32.8 Å². The van der Waals surface area contributed by atoms with Crippen molar-refractivity contribution < 1.29 is 14.3 Å². The molecule has 0 N–H and O–H groups in total. The zero-order valence-corrected chi connectivity index (χ0v) is 15.9. The van der Waals surface area contributed by atoms with E-state index >= 15 is 0 Å². The monoisotopic (exact) mass is 409 g/mol. The average molecular weight is 410 g/mol. The maximum atomic E-state index is 11.5. The minimum atomic E-state index is -0.677. The summed E-state index contributed by atoms with van der Waals surface area (Å²) in [6, 6.07) is 17.1. The number of halogens is 1. The molecule has 3 rings (SSSR count). The second-order valence-electron chi connectivity index (χ2n) is 5.59. The van der Waals surface area contributed by atoms with E-state index in [1.54, 1.807) is 19.1 Å². The van der Waals surface area contributed by atoms with Crippen molar-refractivity contribution in [1.29, 1.82) is 0 Å². The molecular formula is C21H16BrNO3. The zero-order chi connectivity index (χ0) is 18.5. The van der Waals surface area contributed by atoms with Crippen LogP contribution in [0.4, 0.5) is 0 Å². The van der Waals surface area contributed by atoms with Gasteiger partial charge in [-0.15, -0.1) is 0 Å². The predicted molar refractivity (Wildman–Crippen MR) is 104 cm³/mol. The number of nitrogens with zero attached hydrogens (tertiary/aromatic N) is 1. The van der Waals surface area contributed by atoms with Gasteiger partial charge in [-0.05, 0) is 49.2 Å². The van der Waals surface area contributed by atoms with Gasteiger partial charge in [0.15, 0.2) is 6.10 Å². The third-order valence-corrected chi connectivity index (χ3v) is 4.16. The van der Waals surface area contributed by atoms with Crippen molar-refractivity contribution in [1.82, 2.24) is 4.98 Å². The van der Waals surface area contributed by atoms with Crippen LogP contribution in [0.5, 0.6) is 5.75 Å². The first-order valence-corrected chi connectivity index (χ1v) is 8.77. The van der Waals surface area contributed by atoms with E-state index in [1.165, 1.54) is 7.11 Å². The summed E-state index contributed by atoms with van der Waals surface area (Å²) in [6.07, 6.45) is -0.677. The molecule has 0 saturated carbocycles. The SMILES string of the molecule is COC(=O)C(C)Oc1cccc(C#Cc2ccc3ccc(Br)cc3n2)c1. The number of carbonyl (C=O) groups excluding carboxylic acids is 1. The summed E-state index contributed by atoms with van der Waals surface area (Å²) in [5.74, 6) is 6.28. The molecule has 1 atom stereocenters. The standard InChI is InChI=1S/C21H16BrNO3/c1-14(21(24)25-2)26-19-5-3-4-15(12-19)6-10-18-11-8-16-7-9-17(22)13-20(16)23-18/h3-5,7-9,11-14H,1-2H3. The number of aromatic nitrogens is 1. The van der Waals surface area contributed by atoms with Crippen LogP contribution in [0.25, 0.3) is 10.9 Å². The number of methoxy groups -OCH3 is 1. The van der Waals surface area contributed by atoms with Gasteiger partial charge in [0.1, 0.15) is 11.4 Å². The molecule has 0 aliphatic rings. The van der Waals surface area contributed by atoms with Crippen molar-refractivity contribution in [3.8, 4) is 17.6 Å². The van der Waals surface area contributed by atoms with Crippen LogP contribution in [0.15, 0.2) is 59.1 Å². The Labute approximate surface area is 160 Å². The molecule has 0 spiro atoms. The molecule has 5 heteroatoms. The Morgan fingerprint density at radius 2 is 1.92 bits per heavy atom. The first-order chi connectivity index (χ1) is 12.5. The summed E-state index contributed by atoms with van der Waals surface area (Å²) >= 11 is 3.45. The third kappa shape index (κ3) is 4.41. The Balaban J connectivity index is 1.81. The summed E-state index contributed by atoms with van der Waals surface area (Å²) in [4.78, 5) is 16.0. The van der Waals surface area contributed by atoms with E-state index < -0.39 is 12.1 Å². The number of hydrogen-bond acceptors (Lipinski definition) is 4. The van der Waals surface area contributed by atoms with E-state index in [4.69, 9.17) is 4.74 Å². The van der Waals surface area contributed by atoms with Crippen LogP contribution in [0, 0.1) is 11.8 Å². The highest BCUT2D eigenvalue weighted by atomic mass is 79.9. The predicted octanol–water partition coefficient (Wildman–Crippen LogP) is 4.34. The maximum Gasteiger partial charge on any atom is 0.346 e. The summed E-state index contributed by atoms with van der Waals surface area (Å²) in [5.41, 5.74) is 2.34. The highest BCUT2D eigenvalue weighted by Crippen LogP contribution is 2.18. The van der Waals surface area contributed by atoms with Crippen LogP contribution in [0.3, 0.4) is 0 Å². The number of benzene rings is 2. The summed E-state index contributed by atoms with van der Waals surface area (Å²) in [7, 11) is 1.33. The molecule has 0 bridgehead atoms. The van der Waals surface area contributed by atoms with Gasteiger partial charge >= 0.3 is 5.97 Å². The Morgan fingerprint density at radius 3 is 2.73 bits per heavy atom. The first-order valence-electron chi connectivity index (χ1n) is 7.98. The minimum absolute atomic E-state index is 0.423. The molecule has 1 heterocycles. The molecule has 3 aromatic rings. The lowest BCUT2D eigenvalue weighted by Gasteiger charge is -2.12. The molecule has 0 radical (unpaired) electrons. The van der Waals surface area contributed by atoms with E-state index in [-0.39, 0.29) is 0 Å². The fraction of sp³-hybridized carbons (Fsp3) is 0.143. The molecule has 2 aromatic carbocycles. The summed E-state index contributed by atoms with van der Waals surface area (Å²) in [6.45, 7) is 1.64. The van der Waals surface area contributed by atoms with Crippen molar-refractivity contribution in [2.24, 2.45) is 0 Å². The highest BCUT2D eigenvalue weighted by Gasteiger charge is 2.14. The summed E-state index contributed by atoms with van der Waals surface area (Å²) in [5, 5.41) is 1.06. The fourth-order valence-corrected chi connectivity index (χ4v) is 2.71. The van der Waals surface area contributed by atoms with E-state index in [2.05, 4.69) is 37.5 Å². The number of carbonyl (C=O) groups is 1. The van der Waals surface area contributed by atoms with Crippen molar-refractivity contribution in [3.05, 3.63) is 70.3 Å². The topological polar surface area (TPSA) is 48.4 Å². The number of rotatable bonds is 3. The number of fused-ring (bicyclic) bond motifs is 1. The highest BCUT2D eigenvalue weighted by molar-refractivity contribution is 9.10. The van der Waals surface area contributed by atoms with Gasteiger partial charge in [-0.2, -0.15) is 0 Å². The van der Waals surface area contributed by atoms with Crippen molar-refractivity contribution in [2.75, 3.05) is 7.11 Å². The molecule has 0 saturated heterocycles. The lowest BCUT2D eigenvalue weighted by Crippen LogP contribution is -2.24. The van der Waals surface area contributed by atoms with Crippen LogP contribution in [0.1, 0.15) is 18.2 Å². The van der Waals surface area contributed by atoms with Gasteiger partial charge in [-0.1, -0.05) is 40.0 Å². The zero-order valence-electron chi connectivity index (χ0n) is 14.3. The first kappa shape index (κ1) is 18.0. The van der Waals surface area contributed by atoms with Gasteiger partial charge in [0.05, 0.1) is 12.6 Å². The number of pyridine rings is 1. The molecule has 130 valence electrons. The van der Waals surface area contributed by atoms with Gasteiger partial charge in [0, 0.05) is 15.4 Å². The van der Waals surface area contributed by atoms with Gasteiger partial charge in [0.25, 0.3) is 0 Å². The number of esters is 1. The quantitative estimate of drug-likeness (QED) is 0.476. The number of ether oxygens (including phenoxy) is 2. The van der Waals surface area contributed by atoms with Crippen LogP contribution in [-0.4, -0.2) is 24.2 Å². The minimum Gasteiger partial charge on any atom is -0.479 e. The van der Waals surface area contributed by atoms with E-state index in [0.717, 1.165) is 20.9 Å². The normalized spacial score (nSPS) is 11.3. The Kier molecular flexibility index (Phi) is 5.55. The molecule has 4 nitrogen and oxygen atoms in total. The fourth-order valence-electron chi connectivity index (χ4n) is 2.36. The van der Waals surface area contributed by atoms with Crippen LogP contribution >= 0.6 is 15.9 Å². The molecule has 0 fully saturated rings. The Morgan fingerprint density at radius 1 is 1.12 bits per heavy atom. The van der Waals surface area contributed by atoms with Crippen molar-refractivity contribution in [2.45, 2.75) is 13.0 Å². The van der Waals surface area contributed by atoms with E-state index in [1.807, 2.05) is 42.5 Å². The Bertz CT molecular complexity index is 1020. The van der Waals surface area contributed by atoms with Gasteiger partial charge in [-0.25, -0.2) is 9.78 Å². The second-order valence-corrected chi connectivity index (χ2v) is 6.51. The summed E-state index contributed by atoms with van der Waals surface area (Å²) < 4.78 is 11.2. The molecule has 1 unspecified atom stereocenters. The average Bonchev–Trinajstić information content (AvgIpc) is 2.65. The lowest BCUT2D eigenvalue weighted by atomic mass is 10.2. The smallest absolute Gasteiger partial charge is 0.346 e. The van der Waals surface area contributed by atoms with E-state index in [9.17, 15) is 4.79 Å². The number of hydrogen-bond donors (Lipinski definition) is 0. The molecule has 0 amide bonds. The molecule has 1 aromatic heterocycles. The maximum absolute atomic E-state index is 11.5. The largest absolute Gasteiger partial charge is 0.479 e. The third-order valence-electron chi connectivity index (χ3n) is 3.67. The van der Waals surface area contributed by atoms with Crippen LogP contribution < -0.4 is 4.74 Å². The molecular weight excluding hydrogens is 394 g/mol. The van der Waals surface area contributed by atoms with Crippen molar-refractivity contribution in [3.63, 3.8) is 0 Å². The Hall–Kier alpha value is -2.84. The van der Waals surface area contributed by atoms with Gasteiger partial charge < -0.3 is 9.47 Å². The van der Waals surface area contributed by atoms with Crippen LogP contribution in [0.2, 0.25) is 0 Å². The molecule has 26 heavy (non-hydrogen) atoms. The molecule has 0 aliphatic heterocycles. The van der Waals surface area contributed by atoms with Gasteiger partial charge in [0.2, 0.25) is 0 Å². The second kappa shape index (κ2) is 8.03. The van der Waals surface area contributed by atoms with Gasteiger partial charge in [-0.3, -0.25) is 0 Å². The lowest BCUT2D eigenvalue weighted by molar-refractivity contribution is -0.147. The van der Waals surface area contributed by atoms with E-state index in [0.29, 0.717) is 11.4 Å².